The molecule has 0 radical (unpaired) electrons. The van der Waals surface area contributed by atoms with Gasteiger partial charge in [-0.3, -0.25) is 34.0 Å². The first-order valence-electron chi connectivity index (χ1n) is 11.1. The van der Waals surface area contributed by atoms with Gasteiger partial charge < -0.3 is 15.3 Å². The fourth-order valence-corrected chi connectivity index (χ4v) is 3.47. The molecule has 0 aromatic carbocycles. The third kappa shape index (κ3) is 13.6. The van der Waals surface area contributed by atoms with E-state index in [9.17, 15) is 29.7 Å². The summed E-state index contributed by atoms with van der Waals surface area (Å²) in [5.74, 6) is -2.83. The molecule has 0 amide bonds. The number of aliphatic carboxylic acids is 3. The molecule has 0 aromatic rings. The van der Waals surface area contributed by atoms with Crippen molar-refractivity contribution in [1.82, 2.24) is 19.6 Å². The van der Waals surface area contributed by atoms with Gasteiger partial charge in [-0.2, -0.15) is 0 Å². The summed E-state index contributed by atoms with van der Waals surface area (Å²) in [6, 6.07) is 0. The minimum atomic E-state index is -0.970. The Labute approximate surface area is 196 Å². The highest BCUT2D eigenvalue weighted by Gasteiger charge is 2.20. The second-order valence-electron chi connectivity index (χ2n) is 8.31. The predicted molar refractivity (Wildman–Crippen MR) is 126 cm³/mol. The summed E-state index contributed by atoms with van der Waals surface area (Å²) in [5, 5.41) is 27.8. The van der Waals surface area contributed by atoms with Gasteiger partial charge in [0.05, 0.1) is 19.6 Å². The summed E-state index contributed by atoms with van der Waals surface area (Å²) in [6.07, 6.45) is 5.95. The molecule has 0 saturated carbocycles. The number of carboxylic acids is 3. The highest BCUT2D eigenvalue weighted by Crippen LogP contribution is 2.06. The summed E-state index contributed by atoms with van der Waals surface area (Å²) in [6.45, 7) is 12.0. The van der Waals surface area contributed by atoms with E-state index < -0.39 is 17.9 Å². The first-order chi connectivity index (χ1) is 15.6. The number of nitrogens with zero attached hydrogens (tertiary/aromatic N) is 4. The molecule has 1 rings (SSSR count). The molecular formula is C23H38N4O6. The Morgan fingerprint density at radius 1 is 0.667 bits per heavy atom. The van der Waals surface area contributed by atoms with E-state index in [-0.39, 0.29) is 19.6 Å². The molecule has 33 heavy (non-hydrogen) atoms. The van der Waals surface area contributed by atoms with Crippen LogP contribution in [0.3, 0.4) is 0 Å². The summed E-state index contributed by atoms with van der Waals surface area (Å²) in [7, 11) is 0. The fraction of sp³-hybridized carbons (Fsp3) is 0.609. The molecule has 1 aliphatic rings. The van der Waals surface area contributed by atoms with Crippen LogP contribution in [0.15, 0.2) is 36.0 Å². The van der Waals surface area contributed by atoms with Crippen molar-refractivity contribution in [3.8, 4) is 0 Å². The third-order valence-corrected chi connectivity index (χ3v) is 5.47. The van der Waals surface area contributed by atoms with Crippen molar-refractivity contribution in [1.29, 1.82) is 0 Å². The second-order valence-corrected chi connectivity index (χ2v) is 8.31. The fourth-order valence-electron chi connectivity index (χ4n) is 3.47. The van der Waals surface area contributed by atoms with Gasteiger partial charge in [0, 0.05) is 58.9 Å². The molecule has 10 nitrogen and oxygen atoms in total. The average Bonchev–Trinajstić information content (AvgIpc) is 2.72. The van der Waals surface area contributed by atoms with Crippen LogP contribution in [-0.4, -0.2) is 131 Å². The van der Waals surface area contributed by atoms with Crippen molar-refractivity contribution < 1.29 is 29.7 Å². The standard InChI is InChI=1S/C23H38N4O6/c1-4-19(2)5-6-20(3)15-24-7-9-25(16-21(28)29)11-13-27(18-23(32)33)14-12-26(10-8-24)17-22(30)31/h4-6H,3,7-18H2,1-2H3,(H,28,29)(H,30,31)(H,32,33)/b6-5-,19-4-. The summed E-state index contributed by atoms with van der Waals surface area (Å²) >= 11 is 0. The lowest BCUT2D eigenvalue weighted by atomic mass is 10.2. The largest absolute Gasteiger partial charge is 0.480 e. The van der Waals surface area contributed by atoms with Gasteiger partial charge in [0.1, 0.15) is 0 Å². The van der Waals surface area contributed by atoms with Crippen LogP contribution in [-0.2, 0) is 14.4 Å². The minimum absolute atomic E-state index is 0.124. The lowest BCUT2D eigenvalue weighted by Crippen LogP contribution is -2.48. The minimum Gasteiger partial charge on any atom is -0.480 e. The van der Waals surface area contributed by atoms with Crippen molar-refractivity contribution in [2.75, 3.05) is 78.5 Å². The summed E-state index contributed by atoms with van der Waals surface area (Å²) < 4.78 is 0. The number of hydrogen-bond donors (Lipinski definition) is 3. The molecule has 1 heterocycles. The van der Waals surface area contributed by atoms with Gasteiger partial charge in [-0.25, -0.2) is 0 Å². The smallest absolute Gasteiger partial charge is 0.317 e. The van der Waals surface area contributed by atoms with E-state index in [0.717, 1.165) is 11.1 Å². The van der Waals surface area contributed by atoms with E-state index in [0.29, 0.717) is 58.9 Å². The van der Waals surface area contributed by atoms with Crippen molar-refractivity contribution in [2.24, 2.45) is 0 Å². The van der Waals surface area contributed by atoms with Crippen LogP contribution in [0.2, 0.25) is 0 Å². The Kier molecular flexibility index (Phi) is 13.2. The molecule has 0 atom stereocenters. The van der Waals surface area contributed by atoms with Crippen LogP contribution in [0.5, 0.6) is 0 Å². The number of carbonyl (C=O) groups is 3. The molecule has 10 heteroatoms. The van der Waals surface area contributed by atoms with Crippen molar-refractivity contribution in [3.63, 3.8) is 0 Å². The molecule has 1 aliphatic heterocycles. The summed E-state index contributed by atoms with van der Waals surface area (Å²) in [5.41, 5.74) is 2.03. The Hall–Kier alpha value is -2.53. The molecule has 0 spiro atoms. The van der Waals surface area contributed by atoms with Gasteiger partial charge in [-0.05, 0) is 19.4 Å². The van der Waals surface area contributed by atoms with Gasteiger partial charge in [-0.1, -0.05) is 30.4 Å². The third-order valence-electron chi connectivity index (χ3n) is 5.47. The first-order valence-corrected chi connectivity index (χ1v) is 11.1. The van der Waals surface area contributed by atoms with Gasteiger partial charge in [0.2, 0.25) is 0 Å². The predicted octanol–water partition coefficient (Wildman–Crippen LogP) is 0.540. The maximum absolute atomic E-state index is 11.3. The van der Waals surface area contributed by atoms with Gasteiger partial charge >= 0.3 is 17.9 Å². The Bertz CT molecular complexity index is 704. The number of allylic oxidation sites excluding steroid dienone is 3. The molecular weight excluding hydrogens is 428 g/mol. The molecule has 0 aliphatic carbocycles. The highest BCUT2D eigenvalue weighted by atomic mass is 16.4. The van der Waals surface area contributed by atoms with Gasteiger partial charge in [0.25, 0.3) is 0 Å². The SMILES string of the molecule is C=C(/C=C\C(C)=C/C)CN1CCN(CC(=O)O)CCN(CC(=O)O)CCN(CC(=O)O)CC1. The molecule has 1 saturated heterocycles. The quantitative estimate of drug-likeness (QED) is 0.393. The van der Waals surface area contributed by atoms with Crippen molar-refractivity contribution >= 4 is 17.9 Å². The van der Waals surface area contributed by atoms with Gasteiger partial charge in [0.15, 0.2) is 0 Å². The van der Waals surface area contributed by atoms with Crippen LogP contribution in [0.4, 0.5) is 0 Å². The van der Waals surface area contributed by atoms with E-state index in [4.69, 9.17) is 0 Å². The van der Waals surface area contributed by atoms with Crippen LogP contribution >= 0.6 is 0 Å². The van der Waals surface area contributed by atoms with Crippen molar-refractivity contribution in [2.45, 2.75) is 13.8 Å². The molecule has 0 bridgehead atoms. The second kappa shape index (κ2) is 15.3. The Morgan fingerprint density at radius 2 is 0.970 bits per heavy atom. The number of rotatable bonds is 10. The molecule has 1 fully saturated rings. The summed E-state index contributed by atoms with van der Waals surface area (Å²) in [4.78, 5) is 41.4. The van der Waals surface area contributed by atoms with E-state index in [1.165, 1.54) is 0 Å². The number of hydrogen-bond acceptors (Lipinski definition) is 7. The zero-order valence-corrected chi connectivity index (χ0v) is 19.8. The van der Waals surface area contributed by atoms with Gasteiger partial charge in [-0.15, -0.1) is 0 Å². The topological polar surface area (TPSA) is 125 Å². The van der Waals surface area contributed by atoms with Crippen LogP contribution in [0.1, 0.15) is 13.8 Å². The number of carboxylic acid groups (broad SMARTS) is 3. The van der Waals surface area contributed by atoms with E-state index >= 15 is 0 Å². The lowest BCUT2D eigenvalue weighted by Gasteiger charge is -2.33. The Balaban J connectivity index is 2.98. The molecule has 0 unspecified atom stereocenters. The first kappa shape index (κ1) is 28.5. The monoisotopic (exact) mass is 466 g/mol. The van der Waals surface area contributed by atoms with E-state index in [1.807, 2.05) is 41.9 Å². The zero-order valence-electron chi connectivity index (χ0n) is 19.8. The van der Waals surface area contributed by atoms with E-state index in [1.54, 1.807) is 4.90 Å². The highest BCUT2D eigenvalue weighted by molar-refractivity contribution is 5.69. The van der Waals surface area contributed by atoms with Crippen LogP contribution in [0, 0.1) is 0 Å². The molecule has 186 valence electrons. The van der Waals surface area contributed by atoms with E-state index in [2.05, 4.69) is 11.5 Å². The van der Waals surface area contributed by atoms with Crippen LogP contribution < -0.4 is 0 Å². The molecule has 3 N–H and O–H groups in total. The maximum atomic E-state index is 11.3. The lowest BCUT2D eigenvalue weighted by molar-refractivity contribution is -0.140. The Morgan fingerprint density at radius 3 is 1.24 bits per heavy atom. The van der Waals surface area contributed by atoms with Crippen LogP contribution in [0.25, 0.3) is 0 Å². The molecule has 0 aromatic heterocycles. The normalized spacial score (nSPS) is 19.2. The van der Waals surface area contributed by atoms with Crippen molar-refractivity contribution in [3.05, 3.63) is 36.0 Å². The zero-order chi connectivity index (χ0) is 24.8. The maximum Gasteiger partial charge on any atom is 0.317 e. The average molecular weight is 467 g/mol.